The molecule has 2 fully saturated rings. The molecule has 2 aliphatic carbocycles. The van der Waals surface area contributed by atoms with Crippen LogP contribution in [-0.2, 0) is 14.3 Å². The second kappa shape index (κ2) is 8.28. The van der Waals surface area contributed by atoms with Crippen LogP contribution in [0.25, 0.3) is 11.1 Å². The van der Waals surface area contributed by atoms with Crippen LogP contribution in [0.3, 0.4) is 0 Å². The van der Waals surface area contributed by atoms with Gasteiger partial charge in [-0.15, -0.1) is 0 Å². The van der Waals surface area contributed by atoms with Gasteiger partial charge in [-0.3, -0.25) is 9.59 Å². The number of carbonyl (C=O) groups excluding carboxylic acids is 2. The molecule has 7 nitrogen and oxygen atoms in total. The summed E-state index contributed by atoms with van der Waals surface area (Å²) in [5, 5.41) is 11.7. The van der Waals surface area contributed by atoms with E-state index in [0.717, 1.165) is 27.2 Å². The Morgan fingerprint density at radius 1 is 1.00 bits per heavy atom. The fraction of sp³-hybridized carbons (Fsp3) is 0.400. The Bertz CT molecular complexity index is 1150. The standard InChI is InChI=1S/C25H23F3N2O5/c26-25(27,28)20-12-30(11-18(20)21(31)32)22(33)24(9-10-24)29-23(34)35-13-19-16-7-3-1-5-14(16)15-6-2-4-8-17(15)19/h1-8,18-20H,9-13H2,(H,29,34)(H,31,32). The number of amides is 2. The van der Waals surface area contributed by atoms with E-state index in [4.69, 9.17) is 4.74 Å². The smallest absolute Gasteiger partial charge is 0.408 e. The summed E-state index contributed by atoms with van der Waals surface area (Å²) in [5.41, 5.74) is 2.81. The Balaban J connectivity index is 1.24. The fourth-order valence-corrected chi connectivity index (χ4v) is 5.20. The van der Waals surface area contributed by atoms with E-state index < -0.39 is 54.6 Å². The molecule has 0 radical (unpaired) electrons. The molecular weight excluding hydrogens is 465 g/mol. The van der Waals surface area contributed by atoms with Gasteiger partial charge in [0.1, 0.15) is 12.1 Å². The number of nitrogens with zero attached hydrogens (tertiary/aromatic N) is 1. The Morgan fingerprint density at radius 2 is 1.57 bits per heavy atom. The second-order valence-corrected chi connectivity index (χ2v) is 9.34. The number of fused-ring (bicyclic) bond motifs is 3. The Labute approximate surface area is 198 Å². The molecular formula is C25H23F3N2O5. The maximum atomic E-state index is 13.3. The number of carboxylic acids is 1. The number of rotatable bonds is 5. The first kappa shape index (κ1) is 23.2. The lowest BCUT2D eigenvalue weighted by atomic mass is 9.96. The average molecular weight is 488 g/mol. The molecule has 1 aliphatic heterocycles. The van der Waals surface area contributed by atoms with Gasteiger partial charge < -0.3 is 20.1 Å². The van der Waals surface area contributed by atoms with Gasteiger partial charge in [0.25, 0.3) is 0 Å². The number of nitrogens with one attached hydrogen (secondary N) is 1. The van der Waals surface area contributed by atoms with Crippen molar-refractivity contribution >= 4 is 18.0 Å². The number of benzene rings is 2. The number of carbonyl (C=O) groups is 3. The van der Waals surface area contributed by atoms with Gasteiger partial charge in [0.15, 0.2) is 0 Å². The number of ether oxygens (including phenoxy) is 1. The summed E-state index contributed by atoms with van der Waals surface area (Å²) in [5.74, 6) is -6.36. The van der Waals surface area contributed by atoms with E-state index in [2.05, 4.69) is 5.32 Å². The second-order valence-electron chi connectivity index (χ2n) is 9.34. The molecule has 2 aromatic carbocycles. The van der Waals surface area contributed by atoms with E-state index >= 15 is 0 Å². The number of alkyl carbamates (subject to hydrolysis) is 1. The molecule has 2 aromatic rings. The van der Waals surface area contributed by atoms with Crippen molar-refractivity contribution in [2.75, 3.05) is 19.7 Å². The molecule has 2 N–H and O–H groups in total. The molecule has 1 saturated carbocycles. The highest BCUT2D eigenvalue weighted by molar-refractivity contribution is 5.93. The number of alkyl halides is 3. The van der Waals surface area contributed by atoms with Crippen molar-refractivity contribution < 1.29 is 37.4 Å². The van der Waals surface area contributed by atoms with Gasteiger partial charge in [0.2, 0.25) is 5.91 Å². The van der Waals surface area contributed by atoms with Crippen molar-refractivity contribution in [3.05, 3.63) is 59.7 Å². The van der Waals surface area contributed by atoms with E-state index in [0.29, 0.717) is 0 Å². The molecule has 1 heterocycles. The number of hydrogen-bond acceptors (Lipinski definition) is 4. The summed E-state index contributed by atoms with van der Waals surface area (Å²) >= 11 is 0. The van der Waals surface area contributed by atoms with E-state index in [9.17, 15) is 32.7 Å². The van der Waals surface area contributed by atoms with E-state index in [-0.39, 0.29) is 25.4 Å². The zero-order chi connectivity index (χ0) is 25.0. The van der Waals surface area contributed by atoms with Crippen molar-refractivity contribution in [2.24, 2.45) is 11.8 Å². The molecule has 3 aliphatic rings. The molecule has 1 saturated heterocycles. The van der Waals surface area contributed by atoms with E-state index in [1.165, 1.54) is 0 Å². The van der Waals surface area contributed by atoms with Crippen LogP contribution in [0.2, 0.25) is 0 Å². The predicted molar refractivity (Wildman–Crippen MR) is 117 cm³/mol. The molecule has 10 heteroatoms. The molecule has 2 unspecified atom stereocenters. The van der Waals surface area contributed by atoms with Crippen LogP contribution in [0.15, 0.2) is 48.5 Å². The average Bonchev–Trinajstić information content (AvgIpc) is 3.32. The van der Waals surface area contributed by atoms with Crippen molar-refractivity contribution in [1.29, 1.82) is 0 Å². The quantitative estimate of drug-likeness (QED) is 0.668. The summed E-state index contributed by atoms with van der Waals surface area (Å²) in [6.07, 6.45) is -5.07. The number of aliphatic carboxylic acids is 1. The van der Waals surface area contributed by atoms with Gasteiger partial charge in [0.05, 0.1) is 11.8 Å². The van der Waals surface area contributed by atoms with Gasteiger partial charge in [0, 0.05) is 19.0 Å². The Kier molecular flexibility index (Phi) is 5.49. The summed E-state index contributed by atoms with van der Waals surface area (Å²) in [4.78, 5) is 37.8. The maximum Gasteiger partial charge on any atom is 0.408 e. The monoisotopic (exact) mass is 488 g/mol. The molecule has 5 rings (SSSR count). The summed E-state index contributed by atoms with van der Waals surface area (Å²) < 4.78 is 45.4. The summed E-state index contributed by atoms with van der Waals surface area (Å²) in [6, 6.07) is 15.6. The molecule has 184 valence electrons. The number of likely N-dealkylation sites (tertiary alicyclic amines) is 1. The zero-order valence-electron chi connectivity index (χ0n) is 18.5. The van der Waals surface area contributed by atoms with Crippen LogP contribution in [0.1, 0.15) is 29.9 Å². The van der Waals surface area contributed by atoms with Crippen LogP contribution < -0.4 is 5.32 Å². The topological polar surface area (TPSA) is 95.9 Å². The van der Waals surface area contributed by atoms with Crippen molar-refractivity contribution in [3.8, 4) is 11.1 Å². The Morgan fingerprint density at radius 3 is 2.06 bits per heavy atom. The lowest BCUT2D eigenvalue weighted by Gasteiger charge is -2.24. The van der Waals surface area contributed by atoms with Crippen molar-refractivity contribution in [2.45, 2.75) is 30.5 Å². The molecule has 35 heavy (non-hydrogen) atoms. The highest BCUT2D eigenvalue weighted by Gasteiger charge is 2.59. The first-order valence-electron chi connectivity index (χ1n) is 11.3. The van der Waals surface area contributed by atoms with Crippen LogP contribution in [-0.4, -0.2) is 59.4 Å². The van der Waals surface area contributed by atoms with Gasteiger partial charge in [-0.25, -0.2) is 4.79 Å². The highest BCUT2D eigenvalue weighted by atomic mass is 19.4. The van der Waals surface area contributed by atoms with Crippen LogP contribution in [0.4, 0.5) is 18.0 Å². The minimum Gasteiger partial charge on any atom is -0.481 e. The predicted octanol–water partition coefficient (Wildman–Crippen LogP) is 3.78. The maximum absolute atomic E-state index is 13.3. The van der Waals surface area contributed by atoms with Crippen molar-refractivity contribution in [1.82, 2.24) is 10.2 Å². The van der Waals surface area contributed by atoms with Crippen molar-refractivity contribution in [3.63, 3.8) is 0 Å². The van der Waals surface area contributed by atoms with Crippen LogP contribution in [0, 0.1) is 11.8 Å². The zero-order valence-corrected chi connectivity index (χ0v) is 18.5. The third kappa shape index (κ3) is 4.11. The number of hydrogen-bond donors (Lipinski definition) is 2. The first-order valence-corrected chi connectivity index (χ1v) is 11.3. The minimum atomic E-state index is -4.74. The molecule has 2 amide bonds. The highest BCUT2D eigenvalue weighted by Crippen LogP contribution is 2.45. The summed E-state index contributed by atoms with van der Waals surface area (Å²) in [7, 11) is 0. The summed E-state index contributed by atoms with van der Waals surface area (Å²) in [6.45, 7) is -1.26. The van der Waals surface area contributed by atoms with Gasteiger partial charge >= 0.3 is 18.2 Å². The van der Waals surface area contributed by atoms with E-state index in [1.54, 1.807) is 0 Å². The Hall–Kier alpha value is -3.56. The molecule has 2 atom stereocenters. The lowest BCUT2D eigenvalue weighted by Crippen LogP contribution is -2.50. The van der Waals surface area contributed by atoms with Gasteiger partial charge in [-0.05, 0) is 35.1 Å². The molecule has 0 aromatic heterocycles. The fourth-order valence-electron chi connectivity index (χ4n) is 5.20. The van der Waals surface area contributed by atoms with Gasteiger partial charge in [-0.1, -0.05) is 48.5 Å². The minimum absolute atomic E-state index is 0.0328. The normalized spacial score (nSPS) is 22.3. The number of halogens is 3. The van der Waals surface area contributed by atoms with E-state index in [1.807, 2.05) is 48.5 Å². The third-order valence-electron chi connectivity index (χ3n) is 7.19. The van der Waals surface area contributed by atoms with Crippen LogP contribution >= 0.6 is 0 Å². The largest absolute Gasteiger partial charge is 0.481 e. The number of carboxylic acid groups (broad SMARTS) is 1. The molecule has 0 bridgehead atoms. The first-order chi connectivity index (χ1) is 16.6. The lowest BCUT2D eigenvalue weighted by molar-refractivity contribution is -0.188. The van der Waals surface area contributed by atoms with Gasteiger partial charge in [-0.2, -0.15) is 13.2 Å². The third-order valence-corrected chi connectivity index (χ3v) is 7.19. The van der Waals surface area contributed by atoms with Crippen LogP contribution in [0.5, 0.6) is 0 Å². The SMILES string of the molecule is O=C(NC1(C(=O)N2CC(C(=O)O)C(C(F)(F)F)C2)CC1)OCC1c2ccccc2-c2ccccc21. The molecule has 0 spiro atoms.